The standard InChI is InChI=1S/C9H13N3.ClH/c1-6(2)7-3-4-12-8(5-7)9(10)11;/h3-6H,1-2H3,(H3,10,11);1H. The van der Waals surface area contributed by atoms with Crippen molar-refractivity contribution in [3.05, 3.63) is 29.6 Å². The zero-order chi connectivity index (χ0) is 9.14. The van der Waals surface area contributed by atoms with Gasteiger partial charge < -0.3 is 5.73 Å². The van der Waals surface area contributed by atoms with Crippen molar-refractivity contribution in [2.45, 2.75) is 19.8 Å². The lowest BCUT2D eigenvalue weighted by molar-refractivity contribution is 0.862. The molecule has 0 saturated carbocycles. The van der Waals surface area contributed by atoms with Crippen molar-refractivity contribution in [3.8, 4) is 0 Å². The lowest BCUT2D eigenvalue weighted by atomic mass is 10.0. The summed E-state index contributed by atoms with van der Waals surface area (Å²) >= 11 is 0. The number of pyridine rings is 1. The summed E-state index contributed by atoms with van der Waals surface area (Å²) in [5, 5.41) is 7.19. The third kappa shape index (κ3) is 3.03. The largest absolute Gasteiger partial charge is 0.382 e. The van der Waals surface area contributed by atoms with E-state index in [1.54, 1.807) is 6.20 Å². The van der Waals surface area contributed by atoms with Gasteiger partial charge in [0, 0.05) is 6.20 Å². The van der Waals surface area contributed by atoms with Crippen LogP contribution in [-0.2, 0) is 0 Å². The maximum Gasteiger partial charge on any atom is 0.141 e. The molecule has 0 radical (unpaired) electrons. The van der Waals surface area contributed by atoms with E-state index in [1.165, 1.54) is 0 Å². The van der Waals surface area contributed by atoms with Gasteiger partial charge in [0.05, 0.1) is 0 Å². The Kier molecular flexibility index (Phi) is 4.42. The first-order valence-electron chi connectivity index (χ1n) is 3.91. The van der Waals surface area contributed by atoms with Crippen molar-refractivity contribution in [1.82, 2.24) is 4.98 Å². The number of hydrogen-bond donors (Lipinski definition) is 2. The van der Waals surface area contributed by atoms with Gasteiger partial charge in [-0.3, -0.25) is 10.4 Å². The smallest absolute Gasteiger partial charge is 0.141 e. The van der Waals surface area contributed by atoms with E-state index in [2.05, 4.69) is 18.8 Å². The molecule has 1 aromatic heterocycles. The summed E-state index contributed by atoms with van der Waals surface area (Å²) in [6.07, 6.45) is 1.69. The zero-order valence-corrected chi connectivity index (χ0v) is 8.56. The summed E-state index contributed by atoms with van der Waals surface area (Å²) in [5.41, 5.74) is 7.02. The summed E-state index contributed by atoms with van der Waals surface area (Å²) in [5.74, 6) is 0.476. The summed E-state index contributed by atoms with van der Waals surface area (Å²) in [6, 6.07) is 3.80. The number of nitrogen functional groups attached to an aromatic ring is 1. The van der Waals surface area contributed by atoms with E-state index in [9.17, 15) is 0 Å². The fourth-order valence-electron chi connectivity index (χ4n) is 0.953. The number of amidine groups is 1. The molecule has 0 fully saturated rings. The van der Waals surface area contributed by atoms with Crippen LogP contribution in [0.25, 0.3) is 0 Å². The minimum atomic E-state index is 0. The van der Waals surface area contributed by atoms with Crippen molar-refractivity contribution >= 4 is 18.2 Å². The molecule has 13 heavy (non-hydrogen) atoms. The van der Waals surface area contributed by atoms with Crippen LogP contribution in [0.1, 0.15) is 31.0 Å². The highest BCUT2D eigenvalue weighted by Crippen LogP contribution is 2.13. The third-order valence-corrected chi connectivity index (χ3v) is 1.73. The number of hydrogen-bond acceptors (Lipinski definition) is 2. The van der Waals surface area contributed by atoms with Crippen LogP contribution in [0.5, 0.6) is 0 Å². The molecular formula is C9H14ClN3. The monoisotopic (exact) mass is 199 g/mol. The number of nitrogens with two attached hydrogens (primary N) is 1. The normalized spacial score (nSPS) is 9.46. The van der Waals surface area contributed by atoms with Gasteiger partial charge in [0.25, 0.3) is 0 Å². The van der Waals surface area contributed by atoms with Crippen LogP contribution in [0, 0.1) is 5.41 Å². The van der Waals surface area contributed by atoms with Crippen LogP contribution in [0.15, 0.2) is 18.3 Å². The Balaban J connectivity index is 0.00000144. The average Bonchev–Trinajstić information content (AvgIpc) is 2.04. The lowest BCUT2D eigenvalue weighted by Crippen LogP contribution is -2.13. The van der Waals surface area contributed by atoms with E-state index in [1.807, 2.05) is 12.1 Å². The van der Waals surface area contributed by atoms with Gasteiger partial charge in [-0.05, 0) is 23.6 Å². The van der Waals surface area contributed by atoms with Crippen LogP contribution >= 0.6 is 12.4 Å². The van der Waals surface area contributed by atoms with Crippen LogP contribution in [-0.4, -0.2) is 10.8 Å². The van der Waals surface area contributed by atoms with Crippen LogP contribution in [0.3, 0.4) is 0 Å². The quantitative estimate of drug-likeness (QED) is 0.565. The van der Waals surface area contributed by atoms with Crippen LogP contribution < -0.4 is 5.73 Å². The van der Waals surface area contributed by atoms with Crippen LogP contribution in [0.2, 0.25) is 0 Å². The Labute approximate surface area is 84.3 Å². The van der Waals surface area contributed by atoms with Gasteiger partial charge in [-0.15, -0.1) is 12.4 Å². The van der Waals surface area contributed by atoms with Gasteiger partial charge >= 0.3 is 0 Å². The fourth-order valence-corrected chi connectivity index (χ4v) is 0.953. The molecule has 3 N–H and O–H groups in total. The molecule has 0 aliphatic carbocycles. The number of nitrogens with zero attached hydrogens (tertiary/aromatic N) is 1. The highest BCUT2D eigenvalue weighted by molar-refractivity contribution is 5.93. The van der Waals surface area contributed by atoms with Gasteiger partial charge in [-0.25, -0.2) is 0 Å². The first-order chi connectivity index (χ1) is 5.61. The Hall–Kier alpha value is -1.09. The minimum Gasteiger partial charge on any atom is -0.382 e. The number of nitrogens with one attached hydrogen (secondary N) is 1. The van der Waals surface area contributed by atoms with E-state index >= 15 is 0 Å². The summed E-state index contributed by atoms with van der Waals surface area (Å²) in [6.45, 7) is 4.19. The van der Waals surface area contributed by atoms with E-state index < -0.39 is 0 Å². The fraction of sp³-hybridized carbons (Fsp3) is 0.333. The first-order valence-corrected chi connectivity index (χ1v) is 3.91. The third-order valence-electron chi connectivity index (χ3n) is 1.73. The molecule has 1 rings (SSSR count). The molecule has 72 valence electrons. The summed E-state index contributed by atoms with van der Waals surface area (Å²) in [4.78, 5) is 3.97. The van der Waals surface area contributed by atoms with Gasteiger partial charge in [0.1, 0.15) is 11.5 Å². The Morgan fingerprint density at radius 1 is 1.54 bits per heavy atom. The predicted molar refractivity (Wildman–Crippen MR) is 56.6 cm³/mol. The molecule has 0 amide bonds. The van der Waals surface area contributed by atoms with Crippen molar-refractivity contribution in [1.29, 1.82) is 5.41 Å². The number of halogens is 1. The van der Waals surface area contributed by atoms with Gasteiger partial charge in [0.2, 0.25) is 0 Å². The molecular weight excluding hydrogens is 186 g/mol. The number of rotatable bonds is 2. The molecule has 4 heteroatoms. The average molecular weight is 200 g/mol. The molecule has 0 atom stereocenters. The van der Waals surface area contributed by atoms with Crippen molar-refractivity contribution in [2.24, 2.45) is 5.73 Å². The second-order valence-electron chi connectivity index (χ2n) is 3.04. The van der Waals surface area contributed by atoms with Gasteiger partial charge in [-0.2, -0.15) is 0 Å². The Morgan fingerprint density at radius 2 is 2.15 bits per heavy atom. The molecule has 3 nitrogen and oxygen atoms in total. The van der Waals surface area contributed by atoms with Crippen molar-refractivity contribution < 1.29 is 0 Å². The highest BCUT2D eigenvalue weighted by atomic mass is 35.5. The molecule has 0 bridgehead atoms. The predicted octanol–water partition coefficient (Wildman–Crippen LogP) is 1.91. The minimum absolute atomic E-state index is 0. The first kappa shape index (κ1) is 11.9. The summed E-state index contributed by atoms with van der Waals surface area (Å²) < 4.78 is 0. The SMILES string of the molecule is CC(C)c1ccnc(C(=N)N)c1.Cl. The Bertz CT molecular complexity index is 297. The molecule has 0 spiro atoms. The second-order valence-corrected chi connectivity index (χ2v) is 3.04. The van der Waals surface area contributed by atoms with E-state index in [0.29, 0.717) is 11.6 Å². The number of aromatic nitrogens is 1. The van der Waals surface area contributed by atoms with E-state index in [0.717, 1.165) is 5.56 Å². The molecule has 0 aromatic carbocycles. The highest BCUT2D eigenvalue weighted by Gasteiger charge is 2.02. The molecule has 0 unspecified atom stereocenters. The van der Waals surface area contributed by atoms with E-state index in [4.69, 9.17) is 11.1 Å². The zero-order valence-electron chi connectivity index (χ0n) is 7.74. The molecule has 1 aromatic rings. The Morgan fingerprint density at radius 3 is 2.62 bits per heavy atom. The van der Waals surface area contributed by atoms with Gasteiger partial charge in [0.15, 0.2) is 0 Å². The van der Waals surface area contributed by atoms with Crippen molar-refractivity contribution in [2.75, 3.05) is 0 Å². The summed E-state index contributed by atoms with van der Waals surface area (Å²) in [7, 11) is 0. The maximum atomic E-state index is 7.19. The lowest BCUT2D eigenvalue weighted by Gasteiger charge is -2.05. The maximum absolute atomic E-state index is 7.19. The van der Waals surface area contributed by atoms with Crippen LogP contribution in [0.4, 0.5) is 0 Å². The topological polar surface area (TPSA) is 62.8 Å². The second kappa shape index (κ2) is 4.82. The van der Waals surface area contributed by atoms with Gasteiger partial charge in [-0.1, -0.05) is 13.8 Å². The molecule has 0 aliphatic heterocycles. The van der Waals surface area contributed by atoms with E-state index in [-0.39, 0.29) is 18.2 Å². The molecule has 0 aliphatic rings. The molecule has 1 heterocycles. The van der Waals surface area contributed by atoms with Crippen molar-refractivity contribution in [3.63, 3.8) is 0 Å². The molecule has 0 saturated heterocycles.